The monoisotopic (exact) mass is 359 g/mol. The highest BCUT2D eigenvalue weighted by Gasteiger charge is 2.28. The highest BCUT2D eigenvalue weighted by atomic mass is 19.2. The number of carbonyl (C=O) groups is 1. The molecule has 0 aliphatic carbocycles. The summed E-state index contributed by atoms with van der Waals surface area (Å²) in [6.45, 7) is 2.96. The van der Waals surface area contributed by atoms with Gasteiger partial charge >= 0.3 is 0 Å². The molecule has 5 nitrogen and oxygen atoms in total. The molecule has 0 N–H and O–H groups in total. The molecule has 1 saturated heterocycles. The fourth-order valence-electron chi connectivity index (χ4n) is 3.52. The zero-order chi connectivity index (χ0) is 18.1. The van der Waals surface area contributed by atoms with E-state index in [-0.39, 0.29) is 5.91 Å². The summed E-state index contributed by atoms with van der Waals surface area (Å²) in [6.07, 6.45) is 2.98. The van der Waals surface area contributed by atoms with Crippen LogP contribution in [0.15, 0.2) is 30.5 Å². The summed E-state index contributed by atoms with van der Waals surface area (Å²) in [6, 6.07) is 5.75. The molecule has 7 heteroatoms. The highest BCUT2D eigenvalue weighted by Crippen LogP contribution is 2.32. The molecule has 2 aliphatic heterocycles. The number of halogens is 2. The lowest BCUT2D eigenvalue weighted by Gasteiger charge is -2.32. The van der Waals surface area contributed by atoms with Gasteiger partial charge in [0.15, 0.2) is 11.6 Å². The van der Waals surface area contributed by atoms with Gasteiger partial charge in [-0.15, -0.1) is 0 Å². The van der Waals surface area contributed by atoms with Gasteiger partial charge < -0.3 is 14.5 Å². The Labute approximate surface area is 150 Å². The van der Waals surface area contributed by atoms with Crippen molar-refractivity contribution in [3.05, 3.63) is 53.2 Å². The summed E-state index contributed by atoms with van der Waals surface area (Å²) in [4.78, 5) is 21.2. The molecule has 1 aromatic carbocycles. The summed E-state index contributed by atoms with van der Waals surface area (Å²) >= 11 is 0. The SMILES string of the molecule is O=C(c1cccnc1N1CCOCC1)N1CCCc2cc(F)c(F)cc21. The normalized spacial score (nSPS) is 17.2. The van der Waals surface area contributed by atoms with Crippen molar-refractivity contribution in [2.75, 3.05) is 42.6 Å². The topological polar surface area (TPSA) is 45.7 Å². The molecule has 1 fully saturated rings. The molecule has 0 unspecified atom stereocenters. The van der Waals surface area contributed by atoms with Gasteiger partial charge in [-0.25, -0.2) is 13.8 Å². The molecule has 4 rings (SSSR count). The molecule has 2 aliphatic rings. The Balaban J connectivity index is 1.71. The minimum Gasteiger partial charge on any atom is -0.378 e. The van der Waals surface area contributed by atoms with Gasteiger partial charge in [0.05, 0.1) is 24.5 Å². The fraction of sp³-hybridized carbons (Fsp3) is 0.368. The number of carbonyl (C=O) groups excluding carboxylic acids is 1. The number of pyridine rings is 1. The molecular formula is C19H19F2N3O2. The number of morpholine rings is 1. The van der Waals surface area contributed by atoms with Crippen LogP contribution in [0.4, 0.5) is 20.3 Å². The first-order valence-electron chi connectivity index (χ1n) is 8.72. The van der Waals surface area contributed by atoms with E-state index in [1.54, 1.807) is 18.3 Å². The molecule has 0 saturated carbocycles. The minimum atomic E-state index is -0.942. The van der Waals surface area contributed by atoms with Crippen molar-refractivity contribution >= 4 is 17.4 Å². The van der Waals surface area contributed by atoms with Crippen molar-refractivity contribution in [1.29, 1.82) is 0 Å². The lowest BCUT2D eigenvalue weighted by molar-refractivity contribution is 0.0982. The standard InChI is InChI=1S/C19H19F2N3O2/c20-15-11-13-3-2-6-24(17(13)12-16(15)21)19(25)14-4-1-5-22-18(14)23-7-9-26-10-8-23/h1,4-5,11-12H,2-3,6-10H2. The van der Waals surface area contributed by atoms with Crippen molar-refractivity contribution in [2.45, 2.75) is 12.8 Å². The Kier molecular flexibility index (Phi) is 4.55. The van der Waals surface area contributed by atoms with E-state index < -0.39 is 11.6 Å². The lowest BCUT2D eigenvalue weighted by atomic mass is 10.00. The summed E-state index contributed by atoms with van der Waals surface area (Å²) in [5.74, 6) is -1.46. The first-order chi connectivity index (χ1) is 12.6. The van der Waals surface area contributed by atoms with Crippen LogP contribution in [0.25, 0.3) is 0 Å². The Hall–Kier alpha value is -2.54. The second-order valence-corrected chi connectivity index (χ2v) is 6.43. The number of fused-ring (bicyclic) bond motifs is 1. The van der Waals surface area contributed by atoms with Crippen LogP contribution in [0.1, 0.15) is 22.3 Å². The highest BCUT2D eigenvalue weighted by molar-refractivity contribution is 6.09. The van der Waals surface area contributed by atoms with Crippen molar-refractivity contribution in [1.82, 2.24) is 4.98 Å². The van der Waals surface area contributed by atoms with E-state index >= 15 is 0 Å². The molecule has 136 valence electrons. The number of hydrogen-bond acceptors (Lipinski definition) is 4. The minimum absolute atomic E-state index is 0.244. The van der Waals surface area contributed by atoms with Crippen LogP contribution in [0.2, 0.25) is 0 Å². The van der Waals surface area contributed by atoms with E-state index in [1.165, 1.54) is 11.0 Å². The third-order valence-electron chi connectivity index (χ3n) is 4.81. The van der Waals surface area contributed by atoms with Gasteiger partial charge in [-0.2, -0.15) is 0 Å². The van der Waals surface area contributed by atoms with Crippen LogP contribution in [0.3, 0.4) is 0 Å². The van der Waals surface area contributed by atoms with Crippen molar-refractivity contribution < 1.29 is 18.3 Å². The number of hydrogen-bond donors (Lipinski definition) is 0. The largest absolute Gasteiger partial charge is 0.378 e. The Morgan fingerprint density at radius 1 is 1.12 bits per heavy atom. The summed E-state index contributed by atoms with van der Waals surface area (Å²) in [7, 11) is 0. The molecule has 0 atom stereocenters. The summed E-state index contributed by atoms with van der Waals surface area (Å²) in [5, 5.41) is 0. The second-order valence-electron chi connectivity index (χ2n) is 6.43. The summed E-state index contributed by atoms with van der Waals surface area (Å²) < 4.78 is 32.7. The van der Waals surface area contributed by atoms with E-state index in [2.05, 4.69) is 4.98 Å². The molecule has 0 radical (unpaired) electrons. The predicted molar refractivity (Wildman–Crippen MR) is 93.6 cm³/mol. The van der Waals surface area contributed by atoms with Gasteiger partial charge in [-0.3, -0.25) is 4.79 Å². The Morgan fingerprint density at radius 3 is 2.69 bits per heavy atom. The van der Waals surface area contributed by atoms with Crippen LogP contribution in [0, 0.1) is 11.6 Å². The molecule has 0 spiro atoms. The maximum absolute atomic E-state index is 13.8. The number of benzene rings is 1. The number of aryl methyl sites for hydroxylation is 1. The molecule has 1 amide bonds. The van der Waals surface area contributed by atoms with Crippen LogP contribution < -0.4 is 9.80 Å². The van der Waals surface area contributed by atoms with Gasteiger partial charge in [0.1, 0.15) is 5.82 Å². The fourth-order valence-corrected chi connectivity index (χ4v) is 3.52. The molecule has 2 aromatic rings. The number of anilines is 2. The van der Waals surface area contributed by atoms with Crippen LogP contribution >= 0.6 is 0 Å². The molecule has 3 heterocycles. The van der Waals surface area contributed by atoms with E-state index in [1.807, 2.05) is 4.90 Å². The van der Waals surface area contributed by atoms with E-state index in [4.69, 9.17) is 4.74 Å². The smallest absolute Gasteiger partial charge is 0.262 e. The number of aromatic nitrogens is 1. The van der Waals surface area contributed by atoms with Gasteiger partial charge in [-0.1, -0.05) is 0 Å². The maximum Gasteiger partial charge on any atom is 0.262 e. The number of nitrogens with zero attached hydrogens (tertiary/aromatic N) is 3. The molecule has 1 aromatic heterocycles. The number of ether oxygens (including phenoxy) is 1. The quantitative estimate of drug-likeness (QED) is 0.827. The van der Waals surface area contributed by atoms with E-state index in [0.29, 0.717) is 68.3 Å². The Bertz CT molecular complexity index is 838. The Morgan fingerprint density at radius 2 is 1.88 bits per heavy atom. The van der Waals surface area contributed by atoms with E-state index in [9.17, 15) is 13.6 Å². The third kappa shape index (κ3) is 3.03. The van der Waals surface area contributed by atoms with Gasteiger partial charge in [-0.05, 0) is 36.6 Å². The zero-order valence-electron chi connectivity index (χ0n) is 14.3. The van der Waals surface area contributed by atoms with Crippen LogP contribution in [-0.4, -0.2) is 43.7 Å². The molecule has 0 bridgehead atoms. The first kappa shape index (κ1) is 16.9. The number of rotatable bonds is 2. The predicted octanol–water partition coefficient (Wildman–Crippen LogP) is 2.79. The third-order valence-corrected chi connectivity index (χ3v) is 4.81. The average Bonchev–Trinajstić information content (AvgIpc) is 2.68. The van der Waals surface area contributed by atoms with Gasteiger partial charge in [0.2, 0.25) is 0 Å². The van der Waals surface area contributed by atoms with Crippen molar-refractivity contribution in [3.63, 3.8) is 0 Å². The van der Waals surface area contributed by atoms with E-state index in [0.717, 1.165) is 6.07 Å². The molecule has 26 heavy (non-hydrogen) atoms. The first-order valence-corrected chi connectivity index (χ1v) is 8.72. The number of amides is 1. The van der Waals surface area contributed by atoms with Crippen molar-refractivity contribution in [2.24, 2.45) is 0 Å². The average molecular weight is 359 g/mol. The zero-order valence-corrected chi connectivity index (χ0v) is 14.3. The van der Waals surface area contributed by atoms with Crippen LogP contribution in [0.5, 0.6) is 0 Å². The van der Waals surface area contributed by atoms with Crippen LogP contribution in [-0.2, 0) is 11.2 Å². The molecular weight excluding hydrogens is 340 g/mol. The maximum atomic E-state index is 13.8. The second kappa shape index (κ2) is 6.99. The van der Waals surface area contributed by atoms with Gasteiger partial charge in [0, 0.05) is 31.9 Å². The lowest BCUT2D eigenvalue weighted by Crippen LogP contribution is -2.40. The summed E-state index contributed by atoms with van der Waals surface area (Å²) in [5.41, 5.74) is 1.56. The van der Waals surface area contributed by atoms with Gasteiger partial charge in [0.25, 0.3) is 5.91 Å². The van der Waals surface area contributed by atoms with Crippen molar-refractivity contribution in [3.8, 4) is 0 Å².